The molecule has 2 unspecified atom stereocenters. The van der Waals surface area contributed by atoms with Crippen LogP contribution in [0.3, 0.4) is 0 Å². The molecule has 1 aromatic rings. The topological polar surface area (TPSA) is 47.7 Å². The molecule has 1 aliphatic rings. The first-order valence-corrected chi connectivity index (χ1v) is 7.31. The lowest BCUT2D eigenvalue weighted by Gasteiger charge is -2.18. The van der Waals surface area contributed by atoms with E-state index in [1.54, 1.807) is 7.11 Å². The Kier molecular flexibility index (Phi) is 4.89. The van der Waals surface area contributed by atoms with E-state index in [1.807, 2.05) is 19.9 Å². The van der Waals surface area contributed by atoms with Gasteiger partial charge < -0.3 is 15.2 Å². The van der Waals surface area contributed by atoms with Crippen molar-refractivity contribution < 1.29 is 9.47 Å². The van der Waals surface area contributed by atoms with Crippen molar-refractivity contribution >= 4 is 0 Å². The Morgan fingerprint density at radius 3 is 2.60 bits per heavy atom. The molecule has 2 atom stereocenters. The summed E-state index contributed by atoms with van der Waals surface area (Å²) in [6, 6.07) is 6.45. The average molecular weight is 278 g/mol. The molecule has 0 saturated carbocycles. The third kappa shape index (κ3) is 3.64. The zero-order valence-electron chi connectivity index (χ0n) is 12.9. The van der Waals surface area contributed by atoms with Gasteiger partial charge in [-0.25, -0.2) is 0 Å². The molecule has 0 aromatic heterocycles. The summed E-state index contributed by atoms with van der Waals surface area (Å²) in [7, 11) is 1.68. The van der Waals surface area contributed by atoms with Crippen LogP contribution in [-0.2, 0) is 6.54 Å². The molecule has 1 saturated heterocycles. The summed E-state index contributed by atoms with van der Waals surface area (Å²) in [4.78, 5) is 2.40. The van der Waals surface area contributed by atoms with Gasteiger partial charge >= 0.3 is 0 Å². The van der Waals surface area contributed by atoms with Gasteiger partial charge in [-0.3, -0.25) is 4.90 Å². The first-order valence-electron chi connectivity index (χ1n) is 7.31. The second kappa shape index (κ2) is 6.46. The highest BCUT2D eigenvalue weighted by Gasteiger charge is 2.26. The van der Waals surface area contributed by atoms with E-state index >= 15 is 0 Å². The Balaban J connectivity index is 2.06. The van der Waals surface area contributed by atoms with Crippen molar-refractivity contribution in [1.29, 1.82) is 0 Å². The molecular weight excluding hydrogens is 252 g/mol. The number of hydrogen-bond acceptors (Lipinski definition) is 4. The van der Waals surface area contributed by atoms with Crippen molar-refractivity contribution in [3.63, 3.8) is 0 Å². The van der Waals surface area contributed by atoms with E-state index in [2.05, 4.69) is 24.0 Å². The first kappa shape index (κ1) is 15.1. The second-order valence-corrected chi connectivity index (χ2v) is 5.99. The van der Waals surface area contributed by atoms with Gasteiger partial charge in [-0.1, -0.05) is 13.0 Å². The SMILES string of the molecule is COc1cc(CN2CC(C)C(N)C2)ccc1OC(C)C. The smallest absolute Gasteiger partial charge is 0.161 e. The third-order valence-corrected chi connectivity index (χ3v) is 3.74. The molecule has 0 spiro atoms. The fourth-order valence-electron chi connectivity index (χ4n) is 2.64. The van der Waals surface area contributed by atoms with Crippen LogP contribution >= 0.6 is 0 Å². The summed E-state index contributed by atoms with van der Waals surface area (Å²) in [5, 5.41) is 0. The lowest BCUT2D eigenvalue weighted by molar-refractivity contribution is 0.229. The standard InChI is InChI=1S/C16H26N2O2/c1-11(2)20-15-6-5-13(7-16(15)19-4)9-18-8-12(3)14(17)10-18/h5-7,11-12,14H,8-10,17H2,1-4H3. The highest BCUT2D eigenvalue weighted by molar-refractivity contribution is 5.43. The van der Waals surface area contributed by atoms with Crippen LogP contribution in [-0.4, -0.2) is 37.2 Å². The highest BCUT2D eigenvalue weighted by atomic mass is 16.5. The Bertz CT molecular complexity index is 438. The molecule has 2 N–H and O–H groups in total. The summed E-state index contributed by atoms with van der Waals surface area (Å²) >= 11 is 0. The molecule has 0 bridgehead atoms. The number of rotatable bonds is 5. The molecule has 112 valence electrons. The molecule has 4 heteroatoms. The van der Waals surface area contributed by atoms with Crippen molar-refractivity contribution in [3.8, 4) is 11.5 Å². The minimum absolute atomic E-state index is 0.146. The van der Waals surface area contributed by atoms with E-state index in [9.17, 15) is 0 Å². The van der Waals surface area contributed by atoms with Crippen LogP contribution < -0.4 is 15.2 Å². The fraction of sp³-hybridized carbons (Fsp3) is 0.625. The molecular formula is C16H26N2O2. The lowest BCUT2D eigenvalue weighted by atomic mass is 10.1. The van der Waals surface area contributed by atoms with E-state index in [0.29, 0.717) is 12.0 Å². The van der Waals surface area contributed by atoms with Crippen LogP contribution in [0.5, 0.6) is 11.5 Å². The highest BCUT2D eigenvalue weighted by Crippen LogP contribution is 2.30. The van der Waals surface area contributed by atoms with Gasteiger partial charge in [0, 0.05) is 25.7 Å². The molecule has 0 radical (unpaired) electrons. The van der Waals surface area contributed by atoms with Gasteiger partial charge in [0.15, 0.2) is 11.5 Å². The maximum absolute atomic E-state index is 6.07. The van der Waals surface area contributed by atoms with Crippen molar-refractivity contribution in [2.24, 2.45) is 11.7 Å². The molecule has 0 amide bonds. The van der Waals surface area contributed by atoms with Crippen LogP contribution in [0.2, 0.25) is 0 Å². The average Bonchev–Trinajstić information content (AvgIpc) is 2.69. The zero-order chi connectivity index (χ0) is 14.7. The van der Waals surface area contributed by atoms with E-state index in [-0.39, 0.29) is 6.10 Å². The Labute approximate surface area is 121 Å². The van der Waals surface area contributed by atoms with Crippen molar-refractivity contribution in [2.45, 2.75) is 39.5 Å². The monoisotopic (exact) mass is 278 g/mol. The predicted molar refractivity (Wildman–Crippen MR) is 81.2 cm³/mol. The van der Waals surface area contributed by atoms with Crippen LogP contribution in [0.25, 0.3) is 0 Å². The summed E-state index contributed by atoms with van der Waals surface area (Å²) in [6.07, 6.45) is 0.146. The second-order valence-electron chi connectivity index (χ2n) is 5.99. The number of methoxy groups -OCH3 is 1. The van der Waals surface area contributed by atoms with Gasteiger partial charge in [0.25, 0.3) is 0 Å². The molecule has 0 aliphatic carbocycles. The van der Waals surface area contributed by atoms with Crippen molar-refractivity contribution in [1.82, 2.24) is 4.90 Å². The minimum Gasteiger partial charge on any atom is -0.493 e. The Hall–Kier alpha value is -1.26. The van der Waals surface area contributed by atoms with Crippen molar-refractivity contribution in [3.05, 3.63) is 23.8 Å². The van der Waals surface area contributed by atoms with Gasteiger partial charge in [-0.05, 0) is 37.5 Å². The summed E-state index contributed by atoms with van der Waals surface area (Å²) in [5.41, 5.74) is 7.31. The molecule has 1 fully saturated rings. The van der Waals surface area contributed by atoms with Gasteiger partial charge in [0.1, 0.15) is 0 Å². The van der Waals surface area contributed by atoms with Gasteiger partial charge in [-0.15, -0.1) is 0 Å². The number of hydrogen-bond donors (Lipinski definition) is 1. The van der Waals surface area contributed by atoms with E-state index in [4.69, 9.17) is 15.2 Å². The van der Waals surface area contributed by atoms with Crippen LogP contribution in [0.15, 0.2) is 18.2 Å². The summed E-state index contributed by atoms with van der Waals surface area (Å²) < 4.78 is 11.2. The third-order valence-electron chi connectivity index (χ3n) is 3.74. The fourth-order valence-corrected chi connectivity index (χ4v) is 2.64. The predicted octanol–water partition coefficient (Wildman–Crippen LogP) is 2.26. The largest absolute Gasteiger partial charge is 0.493 e. The number of nitrogens with two attached hydrogens (primary N) is 1. The van der Waals surface area contributed by atoms with Crippen LogP contribution in [0.4, 0.5) is 0 Å². The molecule has 20 heavy (non-hydrogen) atoms. The first-order chi connectivity index (χ1) is 9.49. The number of ether oxygens (including phenoxy) is 2. The zero-order valence-corrected chi connectivity index (χ0v) is 12.9. The maximum atomic E-state index is 6.07. The lowest BCUT2D eigenvalue weighted by Crippen LogP contribution is -2.28. The Morgan fingerprint density at radius 1 is 1.30 bits per heavy atom. The van der Waals surface area contributed by atoms with Gasteiger partial charge in [-0.2, -0.15) is 0 Å². The number of nitrogens with zero attached hydrogens (tertiary/aromatic N) is 1. The summed E-state index contributed by atoms with van der Waals surface area (Å²) in [5.74, 6) is 2.17. The minimum atomic E-state index is 0.146. The van der Waals surface area contributed by atoms with Gasteiger partial charge in [0.2, 0.25) is 0 Å². The maximum Gasteiger partial charge on any atom is 0.161 e. The molecule has 4 nitrogen and oxygen atoms in total. The van der Waals surface area contributed by atoms with Crippen LogP contribution in [0, 0.1) is 5.92 Å². The van der Waals surface area contributed by atoms with E-state index in [1.165, 1.54) is 5.56 Å². The number of benzene rings is 1. The molecule has 1 aromatic carbocycles. The molecule has 1 heterocycles. The van der Waals surface area contributed by atoms with E-state index < -0.39 is 0 Å². The van der Waals surface area contributed by atoms with Crippen LogP contribution in [0.1, 0.15) is 26.3 Å². The molecule has 2 rings (SSSR count). The van der Waals surface area contributed by atoms with Crippen molar-refractivity contribution in [2.75, 3.05) is 20.2 Å². The quantitative estimate of drug-likeness (QED) is 0.897. The normalized spacial score (nSPS) is 23.3. The Morgan fingerprint density at radius 2 is 2.05 bits per heavy atom. The molecule has 1 aliphatic heterocycles. The van der Waals surface area contributed by atoms with Gasteiger partial charge in [0.05, 0.1) is 13.2 Å². The summed E-state index contributed by atoms with van der Waals surface area (Å²) in [6.45, 7) is 9.18. The van der Waals surface area contributed by atoms with E-state index in [0.717, 1.165) is 31.1 Å². The number of likely N-dealkylation sites (tertiary alicyclic amines) is 1.